The highest BCUT2D eigenvalue weighted by Gasteiger charge is 2.42. The zero-order chi connectivity index (χ0) is 13.1. The number of nitrogens with one attached hydrogen (secondary N) is 1. The molecule has 100 valence electrons. The quantitative estimate of drug-likeness (QED) is 0.747. The summed E-state index contributed by atoms with van der Waals surface area (Å²) < 4.78 is 0. The number of carbonyl (C=O) groups excluding carboxylic acids is 1. The lowest BCUT2D eigenvalue weighted by Gasteiger charge is -2.39. The highest BCUT2D eigenvalue weighted by atomic mass is 16.2. The zero-order valence-corrected chi connectivity index (χ0v) is 11.8. The second-order valence-electron chi connectivity index (χ2n) is 6.20. The van der Waals surface area contributed by atoms with Gasteiger partial charge in [-0.05, 0) is 30.6 Å². The van der Waals surface area contributed by atoms with E-state index >= 15 is 0 Å². The van der Waals surface area contributed by atoms with E-state index in [1.165, 1.54) is 0 Å². The fourth-order valence-electron chi connectivity index (χ4n) is 2.77. The highest BCUT2D eigenvalue weighted by Crippen LogP contribution is 2.40. The average Bonchev–Trinajstić information content (AvgIpc) is 2.15. The van der Waals surface area contributed by atoms with Crippen LogP contribution in [0, 0.1) is 23.2 Å². The molecule has 1 fully saturated rings. The van der Waals surface area contributed by atoms with E-state index in [4.69, 9.17) is 5.73 Å². The third-order valence-corrected chi connectivity index (χ3v) is 4.39. The second-order valence-corrected chi connectivity index (χ2v) is 6.20. The van der Waals surface area contributed by atoms with Crippen molar-refractivity contribution in [3.63, 3.8) is 0 Å². The Hall–Kier alpha value is -0.570. The smallest absolute Gasteiger partial charge is 0.227 e. The molecule has 1 aliphatic rings. The highest BCUT2D eigenvalue weighted by molar-refractivity contribution is 5.83. The van der Waals surface area contributed by atoms with E-state index in [0.717, 1.165) is 25.8 Å². The molecule has 3 N–H and O–H groups in total. The van der Waals surface area contributed by atoms with Gasteiger partial charge in [-0.2, -0.15) is 0 Å². The van der Waals surface area contributed by atoms with Gasteiger partial charge < -0.3 is 11.1 Å². The van der Waals surface area contributed by atoms with Crippen LogP contribution in [0.3, 0.4) is 0 Å². The summed E-state index contributed by atoms with van der Waals surface area (Å²) in [6, 6.07) is 0. The molecule has 0 atom stereocenters. The summed E-state index contributed by atoms with van der Waals surface area (Å²) in [6.45, 7) is 10.2. The summed E-state index contributed by atoms with van der Waals surface area (Å²) in [5.74, 6) is 1.93. The SMILES string of the molecule is CC(C)C(CNC(=O)C1(CN)CCC1)C(C)C. The minimum atomic E-state index is -0.238. The fourth-order valence-corrected chi connectivity index (χ4v) is 2.77. The molecular weight excluding hydrogens is 212 g/mol. The maximum atomic E-state index is 12.1. The Morgan fingerprint density at radius 2 is 1.76 bits per heavy atom. The van der Waals surface area contributed by atoms with Gasteiger partial charge in [-0.1, -0.05) is 34.1 Å². The van der Waals surface area contributed by atoms with Gasteiger partial charge in [0.1, 0.15) is 0 Å². The molecule has 1 saturated carbocycles. The van der Waals surface area contributed by atoms with Crippen LogP contribution in [0.2, 0.25) is 0 Å². The summed E-state index contributed by atoms with van der Waals surface area (Å²) in [6.07, 6.45) is 3.06. The van der Waals surface area contributed by atoms with Crippen LogP contribution in [0.15, 0.2) is 0 Å². The molecule has 17 heavy (non-hydrogen) atoms. The number of carbonyl (C=O) groups is 1. The van der Waals surface area contributed by atoms with E-state index in [0.29, 0.717) is 24.3 Å². The molecular formula is C14H28N2O. The van der Waals surface area contributed by atoms with Gasteiger partial charge in [0.25, 0.3) is 0 Å². The Bertz CT molecular complexity index is 243. The molecule has 0 aliphatic heterocycles. The summed E-state index contributed by atoms with van der Waals surface area (Å²) in [5.41, 5.74) is 5.50. The van der Waals surface area contributed by atoms with E-state index in [1.54, 1.807) is 0 Å². The van der Waals surface area contributed by atoms with Crippen molar-refractivity contribution in [1.82, 2.24) is 5.32 Å². The fraction of sp³-hybridized carbons (Fsp3) is 0.929. The minimum Gasteiger partial charge on any atom is -0.355 e. The lowest BCUT2D eigenvalue weighted by molar-refractivity contribution is -0.135. The molecule has 0 saturated heterocycles. The first-order chi connectivity index (χ1) is 7.93. The first kappa shape index (κ1) is 14.5. The van der Waals surface area contributed by atoms with E-state index in [9.17, 15) is 4.79 Å². The van der Waals surface area contributed by atoms with Crippen LogP contribution in [0.1, 0.15) is 47.0 Å². The second kappa shape index (κ2) is 5.85. The van der Waals surface area contributed by atoms with Gasteiger partial charge in [0.2, 0.25) is 5.91 Å². The van der Waals surface area contributed by atoms with Crippen LogP contribution in [0.4, 0.5) is 0 Å². The third kappa shape index (κ3) is 3.21. The number of rotatable bonds is 6. The summed E-state index contributed by atoms with van der Waals surface area (Å²) in [7, 11) is 0. The van der Waals surface area contributed by atoms with E-state index < -0.39 is 0 Å². The zero-order valence-electron chi connectivity index (χ0n) is 11.8. The molecule has 0 aromatic rings. The lowest BCUT2D eigenvalue weighted by Crippen LogP contribution is -2.51. The van der Waals surface area contributed by atoms with Crippen molar-refractivity contribution >= 4 is 5.91 Å². The predicted octanol–water partition coefficient (Wildman–Crippen LogP) is 2.16. The van der Waals surface area contributed by atoms with Crippen LogP contribution < -0.4 is 11.1 Å². The Kier molecular flexibility index (Phi) is 4.99. The first-order valence-electron chi connectivity index (χ1n) is 6.91. The summed E-state index contributed by atoms with van der Waals surface area (Å²) >= 11 is 0. The molecule has 1 rings (SSSR count). The van der Waals surface area contributed by atoms with Gasteiger partial charge in [0.15, 0.2) is 0 Å². The van der Waals surface area contributed by atoms with Gasteiger partial charge in [0.05, 0.1) is 5.41 Å². The van der Waals surface area contributed by atoms with Crippen molar-refractivity contribution in [2.24, 2.45) is 28.9 Å². The predicted molar refractivity (Wildman–Crippen MR) is 71.5 cm³/mol. The van der Waals surface area contributed by atoms with Gasteiger partial charge in [-0.3, -0.25) is 4.79 Å². The van der Waals surface area contributed by atoms with Gasteiger partial charge in [-0.25, -0.2) is 0 Å². The molecule has 0 aromatic heterocycles. The van der Waals surface area contributed by atoms with Crippen molar-refractivity contribution in [3.05, 3.63) is 0 Å². The van der Waals surface area contributed by atoms with Crippen molar-refractivity contribution in [1.29, 1.82) is 0 Å². The van der Waals surface area contributed by atoms with Crippen LogP contribution in [-0.4, -0.2) is 19.0 Å². The number of amides is 1. The van der Waals surface area contributed by atoms with Crippen molar-refractivity contribution in [2.45, 2.75) is 47.0 Å². The van der Waals surface area contributed by atoms with Gasteiger partial charge in [0, 0.05) is 13.1 Å². The molecule has 0 spiro atoms. The topological polar surface area (TPSA) is 55.1 Å². The van der Waals surface area contributed by atoms with Gasteiger partial charge >= 0.3 is 0 Å². The molecule has 1 amide bonds. The largest absolute Gasteiger partial charge is 0.355 e. The van der Waals surface area contributed by atoms with Crippen molar-refractivity contribution in [3.8, 4) is 0 Å². The Morgan fingerprint density at radius 3 is 2.06 bits per heavy atom. The number of hydrogen-bond donors (Lipinski definition) is 2. The van der Waals surface area contributed by atoms with Crippen molar-refractivity contribution < 1.29 is 4.79 Å². The summed E-state index contributed by atoms with van der Waals surface area (Å²) in [5, 5.41) is 3.12. The van der Waals surface area contributed by atoms with Crippen LogP contribution in [0.25, 0.3) is 0 Å². The Labute approximate surface area is 106 Å². The number of hydrogen-bond acceptors (Lipinski definition) is 2. The molecule has 1 aliphatic carbocycles. The maximum absolute atomic E-state index is 12.1. The minimum absolute atomic E-state index is 0.178. The summed E-state index contributed by atoms with van der Waals surface area (Å²) in [4.78, 5) is 12.1. The standard InChI is InChI=1S/C14H28N2O/c1-10(2)12(11(3)4)8-16-13(17)14(9-15)6-5-7-14/h10-12H,5-9,15H2,1-4H3,(H,16,17). The Balaban J connectivity index is 2.46. The molecule has 0 radical (unpaired) electrons. The lowest BCUT2D eigenvalue weighted by atomic mass is 9.68. The molecule has 0 unspecified atom stereocenters. The molecule has 0 aromatic carbocycles. The molecule has 0 heterocycles. The monoisotopic (exact) mass is 240 g/mol. The molecule has 3 heteroatoms. The van der Waals surface area contributed by atoms with E-state index in [1.807, 2.05) is 0 Å². The van der Waals surface area contributed by atoms with Crippen LogP contribution in [0.5, 0.6) is 0 Å². The van der Waals surface area contributed by atoms with Crippen LogP contribution >= 0.6 is 0 Å². The van der Waals surface area contributed by atoms with E-state index in [2.05, 4.69) is 33.0 Å². The van der Waals surface area contributed by atoms with E-state index in [-0.39, 0.29) is 11.3 Å². The van der Waals surface area contributed by atoms with Crippen LogP contribution in [-0.2, 0) is 4.79 Å². The number of nitrogens with two attached hydrogens (primary N) is 1. The normalized spacial score (nSPS) is 18.6. The average molecular weight is 240 g/mol. The molecule has 0 bridgehead atoms. The third-order valence-electron chi connectivity index (χ3n) is 4.39. The van der Waals surface area contributed by atoms with Crippen molar-refractivity contribution in [2.75, 3.05) is 13.1 Å². The Morgan fingerprint density at radius 1 is 1.24 bits per heavy atom. The molecule has 3 nitrogen and oxygen atoms in total. The van der Waals surface area contributed by atoms with Gasteiger partial charge in [-0.15, -0.1) is 0 Å². The first-order valence-corrected chi connectivity index (χ1v) is 6.91. The maximum Gasteiger partial charge on any atom is 0.227 e.